The Morgan fingerprint density at radius 2 is 1.83 bits per heavy atom. The minimum atomic E-state index is 0.140. The van der Waals surface area contributed by atoms with Crippen LogP contribution in [-0.2, 0) is 12.8 Å². The number of piperazine rings is 1. The van der Waals surface area contributed by atoms with Gasteiger partial charge in [-0.25, -0.2) is 4.98 Å². The van der Waals surface area contributed by atoms with Crippen molar-refractivity contribution in [3.63, 3.8) is 0 Å². The fourth-order valence-corrected chi connectivity index (χ4v) is 3.46. The van der Waals surface area contributed by atoms with Gasteiger partial charge in [-0.1, -0.05) is 23.9 Å². The largest absolute Gasteiger partial charge is 0.336 e. The molecular weight excluding hydrogens is 308 g/mol. The molecular formula is C17H22N4OS. The summed E-state index contributed by atoms with van der Waals surface area (Å²) in [5.74, 6) is 0.995. The quantitative estimate of drug-likeness (QED) is 0.805. The van der Waals surface area contributed by atoms with Crippen molar-refractivity contribution in [2.45, 2.75) is 10.9 Å². The first-order chi connectivity index (χ1) is 11.1. The number of hydrogen-bond donors (Lipinski definition) is 0. The molecule has 3 rings (SSSR count). The molecule has 1 saturated heterocycles. The third-order valence-corrected chi connectivity index (χ3v) is 5.27. The van der Waals surface area contributed by atoms with E-state index in [1.807, 2.05) is 47.0 Å². The van der Waals surface area contributed by atoms with Gasteiger partial charge in [0.25, 0.3) is 5.91 Å². The van der Waals surface area contributed by atoms with Crippen LogP contribution in [0.25, 0.3) is 0 Å². The standard InChI is InChI=1S/C17H22N4OS/c1-19-9-11-21(12-10-19)16(22)15-5-3-14(4-6-15)13-23-17-18-7-8-20(17)2/h3-8H,9-13H2,1-2H3. The van der Waals surface area contributed by atoms with Crippen molar-refractivity contribution in [3.8, 4) is 0 Å². The van der Waals surface area contributed by atoms with Gasteiger partial charge in [-0.2, -0.15) is 0 Å². The maximum atomic E-state index is 12.5. The molecule has 1 aliphatic heterocycles. The molecule has 0 radical (unpaired) electrons. The smallest absolute Gasteiger partial charge is 0.253 e. The van der Waals surface area contributed by atoms with Crippen LogP contribution in [0.2, 0.25) is 0 Å². The second-order valence-corrected chi connectivity index (χ2v) is 6.84. The fourth-order valence-electron chi connectivity index (χ4n) is 2.57. The molecule has 6 heteroatoms. The van der Waals surface area contributed by atoms with Gasteiger partial charge in [0.1, 0.15) is 0 Å². The van der Waals surface area contributed by atoms with Crippen LogP contribution >= 0.6 is 11.8 Å². The van der Waals surface area contributed by atoms with Crippen molar-refractivity contribution < 1.29 is 4.79 Å². The van der Waals surface area contributed by atoms with E-state index in [-0.39, 0.29) is 5.91 Å². The van der Waals surface area contributed by atoms with Gasteiger partial charge in [-0.05, 0) is 24.7 Å². The predicted octanol–water partition coefficient (Wildman–Crippen LogP) is 2.10. The molecule has 122 valence electrons. The maximum absolute atomic E-state index is 12.5. The molecule has 1 fully saturated rings. The van der Waals surface area contributed by atoms with E-state index in [2.05, 4.69) is 16.9 Å². The van der Waals surface area contributed by atoms with Gasteiger partial charge in [0.05, 0.1) is 0 Å². The molecule has 1 amide bonds. The molecule has 0 bridgehead atoms. The lowest BCUT2D eigenvalue weighted by Gasteiger charge is -2.32. The number of amides is 1. The summed E-state index contributed by atoms with van der Waals surface area (Å²) in [6, 6.07) is 7.96. The van der Waals surface area contributed by atoms with E-state index in [4.69, 9.17) is 0 Å². The van der Waals surface area contributed by atoms with Crippen molar-refractivity contribution in [3.05, 3.63) is 47.8 Å². The number of carbonyl (C=O) groups excluding carboxylic acids is 1. The first kappa shape index (κ1) is 16.1. The molecule has 5 nitrogen and oxygen atoms in total. The SMILES string of the molecule is CN1CCN(C(=O)c2ccc(CSc3nccn3C)cc2)CC1. The van der Waals surface area contributed by atoms with Crippen LogP contribution in [0.1, 0.15) is 15.9 Å². The van der Waals surface area contributed by atoms with E-state index in [1.165, 1.54) is 5.56 Å². The van der Waals surface area contributed by atoms with Crippen LogP contribution < -0.4 is 0 Å². The average molecular weight is 330 g/mol. The maximum Gasteiger partial charge on any atom is 0.253 e. The zero-order chi connectivity index (χ0) is 16.2. The molecule has 0 spiro atoms. The van der Waals surface area contributed by atoms with Gasteiger partial charge in [0, 0.05) is 56.9 Å². The number of nitrogens with zero attached hydrogens (tertiary/aromatic N) is 4. The summed E-state index contributed by atoms with van der Waals surface area (Å²) >= 11 is 1.70. The molecule has 2 heterocycles. The summed E-state index contributed by atoms with van der Waals surface area (Å²) in [7, 11) is 4.09. The molecule has 0 N–H and O–H groups in total. The van der Waals surface area contributed by atoms with Crippen LogP contribution in [0, 0.1) is 0 Å². The molecule has 0 atom stereocenters. The number of rotatable bonds is 4. The molecule has 1 aromatic carbocycles. The Morgan fingerprint density at radius 3 is 2.43 bits per heavy atom. The summed E-state index contributed by atoms with van der Waals surface area (Å²) in [5, 5.41) is 1.00. The van der Waals surface area contributed by atoms with Gasteiger partial charge in [-0.3, -0.25) is 4.79 Å². The number of aromatic nitrogens is 2. The predicted molar refractivity (Wildman–Crippen MR) is 92.6 cm³/mol. The highest BCUT2D eigenvalue weighted by atomic mass is 32.2. The average Bonchev–Trinajstić information content (AvgIpc) is 2.99. The number of thioether (sulfide) groups is 1. The number of aryl methyl sites for hydroxylation is 1. The minimum Gasteiger partial charge on any atom is -0.336 e. The molecule has 1 aliphatic rings. The van der Waals surface area contributed by atoms with Crippen molar-refractivity contribution >= 4 is 17.7 Å². The molecule has 1 aromatic heterocycles. The number of hydrogen-bond acceptors (Lipinski definition) is 4. The third-order valence-electron chi connectivity index (χ3n) is 4.14. The minimum absolute atomic E-state index is 0.140. The lowest BCUT2D eigenvalue weighted by atomic mass is 10.1. The number of imidazole rings is 1. The third kappa shape index (κ3) is 3.95. The van der Waals surface area contributed by atoms with E-state index < -0.39 is 0 Å². The second-order valence-electron chi connectivity index (χ2n) is 5.90. The molecule has 23 heavy (non-hydrogen) atoms. The van der Waals surface area contributed by atoms with Gasteiger partial charge < -0.3 is 14.4 Å². The molecule has 2 aromatic rings. The van der Waals surface area contributed by atoms with E-state index in [9.17, 15) is 4.79 Å². The van der Waals surface area contributed by atoms with Crippen LogP contribution in [0.15, 0.2) is 41.8 Å². The van der Waals surface area contributed by atoms with E-state index >= 15 is 0 Å². The topological polar surface area (TPSA) is 41.4 Å². The molecule has 0 aliphatic carbocycles. The summed E-state index contributed by atoms with van der Waals surface area (Å²) in [5.41, 5.74) is 1.98. The van der Waals surface area contributed by atoms with Crippen LogP contribution in [0.3, 0.4) is 0 Å². The van der Waals surface area contributed by atoms with Gasteiger partial charge in [0.15, 0.2) is 5.16 Å². The summed E-state index contributed by atoms with van der Waals surface area (Å²) in [4.78, 5) is 21.0. The van der Waals surface area contributed by atoms with Crippen molar-refractivity contribution in [2.75, 3.05) is 33.2 Å². The van der Waals surface area contributed by atoms with Crippen LogP contribution in [-0.4, -0.2) is 58.5 Å². The lowest BCUT2D eigenvalue weighted by Crippen LogP contribution is -2.47. The zero-order valence-electron chi connectivity index (χ0n) is 13.6. The Hall–Kier alpha value is -1.79. The first-order valence-corrected chi connectivity index (χ1v) is 8.79. The highest BCUT2D eigenvalue weighted by molar-refractivity contribution is 7.98. The first-order valence-electron chi connectivity index (χ1n) is 7.80. The zero-order valence-corrected chi connectivity index (χ0v) is 14.4. The number of carbonyl (C=O) groups is 1. The Labute approximate surface area is 141 Å². The van der Waals surface area contributed by atoms with E-state index in [0.717, 1.165) is 42.7 Å². The van der Waals surface area contributed by atoms with Gasteiger partial charge in [0.2, 0.25) is 0 Å². The molecule has 0 saturated carbocycles. The Kier molecular flexibility index (Phi) is 5.03. The van der Waals surface area contributed by atoms with Gasteiger partial charge in [-0.15, -0.1) is 0 Å². The Morgan fingerprint density at radius 1 is 1.13 bits per heavy atom. The number of benzene rings is 1. The molecule has 0 unspecified atom stereocenters. The summed E-state index contributed by atoms with van der Waals surface area (Å²) in [6.45, 7) is 3.52. The lowest BCUT2D eigenvalue weighted by molar-refractivity contribution is 0.0664. The fraction of sp³-hybridized carbons (Fsp3) is 0.412. The number of likely N-dealkylation sites (N-methyl/N-ethyl adjacent to an activating group) is 1. The van der Waals surface area contributed by atoms with Crippen LogP contribution in [0.5, 0.6) is 0 Å². The van der Waals surface area contributed by atoms with Crippen LogP contribution in [0.4, 0.5) is 0 Å². The summed E-state index contributed by atoms with van der Waals surface area (Å²) in [6.07, 6.45) is 3.75. The Balaban J connectivity index is 1.58. The van der Waals surface area contributed by atoms with E-state index in [0.29, 0.717) is 0 Å². The van der Waals surface area contributed by atoms with Crippen molar-refractivity contribution in [1.29, 1.82) is 0 Å². The Bertz CT molecular complexity index is 659. The normalized spacial score (nSPS) is 15.8. The van der Waals surface area contributed by atoms with Gasteiger partial charge >= 0.3 is 0 Å². The summed E-state index contributed by atoms with van der Waals surface area (Å²) < 4.78 is 2.01. The highest BCUT2D eigenvalue weighted by Crippen LogP contribution is 2.21. The highest BCUT2D eigenvalue weighted by Gasteiger charge is 2.20. The van der Waals surface area contributed by atoms with Crippen molar-refractivity contribution in [2.24, 2.45) is 7.05 Å². The van der Waals surface area contributed by atoms with Crippen molar-refractivity contribution in [1.82, 2.24) is 19.4 Å². The second kappa shape index (κ2) is 7.19. The van der Waals surface area contributed by atoms with E-state index in [1.54, 1.807) is 18.0 Å². The monoisotopic (exact) mass is 330 g/mol.